The summed E-state index contributed by atoms with van der Waals surface area (Å²) in [5.74, 6) is -0.751. The van der Waals surface area contributed by atoms with Crippen LogP contribution in [0.4, 0.5) is 0 Å². The number of carboxylic acid groups (broad SMARTS) is 1. The Kier molecular flexibility index (Phi) is 6.24. The number of carboxylic acids is 1. The van der Waals surface area contributed by atoms with E-state index in [4.69, 9.17) is 5.11 Å². The van der Waals surface area contributed by atoms with Gasteiger partial charge in [-0.3, -0.25) is 9.69 Å². The van der Waals surface area contributed by atoms with E-state index in [-0.39, 0.29) is 6.42 Å². The zero-order chi connectivity index (χ0) is 18.4. The molecule has 0 unspecified atom stereocenters. The molecule has 3 rings (SSSR count). The van der Waals surface area contributed by atoms with Crippen molar-refractivity contribution in [2.24, 2.45) is 0 Å². The van der Waals surface area contributed by atoms with E-state index in [0.717, 1.165) is 17.7 Å². The first-order chi connectivity index (χ1) is 12.6. The fourth-order valence-corrected chi connectivity index (χ4v) is 3.47. The van der Waals surface area contributed by atoms with E-state index in [0.29, 0.717) is 6.42 Å². The van der Waals surface area contributed by atoms with Gasteiger partial charge in [0.2, 0.25) is 0 Å². The van der Waals surface area contributed by atoms with Crippen molar-refractivity contribution in [3.05, 3.63) is 76.9 Å². The molecule has 1 saturated heterocycles. The molecule has 2 aromatic carbocycles. The first-order valence-electron chi connectivity index (χ1n) is 9.42. The van der Waals surface area contributed by atoms with E-state index >= 15 is 0 Å². The normalized spacial score (nSPS) is 15.3. The van der Waals surface area contributed by atoms with Gasteiger partial charge in [0.05, 0.1) is 0 Å². The third-order valence-electron chi connectivity index (χ3n) is 4.98. The van der Waals surface area contributed by atoms with Crippen LogP contribution < -0.4 is 0 Å². The highest BCUT2D eigenvalue weighted by Gasteiger charge is 2.12. The average Bonchev–Trinajstić information content (AvgIpc) is 3.15. The molecule has 1 heterocycles. The average molecular weight is 349 g/mol. The van der Waals surface area contributed by atoms with Gasteiger partial charge in [-0.1, -0.05) is 60.2 Å². The summed E-state index contributed by atoms with van der Waals surface area (Å²) in [6.45, 7) is 5.42. The minimum atomic E-state index is -0.751. The number of aliphatic carboxylic acids is 1. The van der Waals surface area contributed by atoms with Crippen molar-refractivity contribution in [2.45, 2.75) is 32.6 Å². The van der Waals surface area contributed by atoms with Gasteiger partial charge in [0.15, 0.2) is 0 Å². The quantitative estimate of drug-likeness (QED) is 0.798. The third-order valence-corrected chi connectivity index (χ3v) is 4.98. The van der Waals surface area contributed by atoms with Gasteiger partial charge in [-0.2, -0.15) is 0 Å². The fraction of sp³-hybridized carbons (Fsp3) is 0.348. The number of carbonyl (C=O) groups is 1. The molecule has 0 saturated carbocycles. The zero-order valence-electron chi connectivity index (χ0n) is 15.4. The molecule has 0 radical (unpaired) electrons. The summed E-state index contributed by atoms with van der Waals surface area (Å²) in [4.78, 5) is 13.4. The van der Waals surface area contributed by atoms with Crippen molar-refractivity contribution in [1.82, 2.24) is 4.90 Å². The molecular weight excluding hydrogens is 322 g/mol. The number of aryl methyl sites for hydroxylation is 2. The molecule has 3 nitrogen and oxygen atoms in total. The second-order valence-corrected chi connectivity index (χ2v) is 7.09. The summed E-state index contributed by atoms with van der Waals surface area (Å²) in [7, 11) is 0. The molecule has 0 bridgehead atoms. The number of nitrogens with zero attached hydrogens (tertiary/aromatic N) is 1. The maximum atomic E-state index is 10.9. The van der Waals surface area contributed by atoms with E-state index < -0.39 is 5.97 Å². The zero-order valence-corrected chi connectivity index (χ0v) is 15.4. The Hall–Kier alpha value is -2.39. The van der Waals surface area contributed by atoms with Gasteiger partial charge in [0.1, 0.15) is 0 Å². The van der Waals surface area contributed by atoms with Crippen LogP contribution >= 0.6 is 0 Å². The number of likely N-dealkylation sites (tertiary alicyclic amines) is 1. The second kappa shape index (κ2) is 8.81. The smallest absolute Gasteiger partial charge is 0.303 e. The van der Waals surface area contributed by atoms with Crippen LogP contribution in [-0.2, 0) is 11.2 Å². The standard InChI is InChI=1S/C23H27NO2/c1-18-7-10-20(11-8-18)22(13-16-24-14-2-3-15-24)21-6-4-5-19(17-21)9-12-23(25)26/h4-8,10-11,13,17H,2-3,9,12,14-16H2,1H3,(H,25,26)/b22-13+. The van der Waals surface area contributed by atoms with E-state index in [9.17, 15) is 4.79 Å². The highest BCUT2D eigenvalue weighted by atomic mass is 16.4. The van der Waals surface area contributed by atoms with Crippen LogP contribution in [0.25, 0.3) is 5.57 Å². The highest BCUT2D eigenvalue weighted by Crippen LogP contribution is 2.25. The molecule has 1 fully saturated rings. The van der Waals surface area contributed by atoms with Crippen LogP contribution in [0.2, 0.25) is 0 Å². The minimum Gasteiger partial charge on any atom is -0.481 e. The molecule has 3 heteroatoms. The molecule has 0 aromatic heterocycles. The Morgan fingerprint density at radius 1 is 1.08 bits per heavy atom. The van der Waals surface area contributed by atoms with Gasteiger partial charge in [-0.05, 0) is 61.5 Å². The van der Waals surface area contributed by atoms with Crippen molar-refractivity contribution >= 4 is 11.5 Å². The van der Waals surface area contributed by atoms with Crippen molar-refractivity contribution in [3.8, 4) is 0 Å². The summed E-state index contributed by atoms with van der Waals surface area (Å²) in [5.41, 5.74) is 5.93. The topological polar surface area (TPSA) is 40.5 Å². The first-order valence-corrected chi connectivity index (χ1v) is 9.42. The second-order valence-electron chi connectivity index (χ2n) is 7.09. The highest BCUT2D eigenvalue weighted by molar-refractivity contribution is 5.80. The maximum absolute atomic E-state index is 10.9. The molecule has 1 N–H and O–H groups in total. The van der Waals surface area contributed by atoms with Crippen LogP contribution in [0.1, 0.15) is 41.5 Å². The van der Waals surface area contributed by atoms with Crippen molar-refractivity contribution in [3.63, 3.8) is 0 Å². The molecule has 0 atom stereocenters. The van der Waals surface area contributed by atoms with Crippen LogP contribution in [0.5, 0.6) is 0 Å². The van der Waals surface area contributed by atoms with E-state index in [1.807, 2.05) is 12.1 Å². The molecule has 26 heavy (non-hydrogen) atoms. The Morgan fingerprint density at radius 3 is 2.50 bits per heavy atom. The Bertz CT molecular complexity index is 771. The molecule has 0 spiro atoms. The summed E-state index contributed by atoms with van der Waals surface area (Å²) in [5, 5.41) is 8.95. The van der Waals surface area contributed by atoms with E-state index in [1.54, 1.807) is 0 Å². The van der Waals surface area contributed by atoms with Crippen LogP contribution in [-0.4, -0.2) is 35.6 Å². The van der Waals surface area contributed by atoms with Crippen LogP contribution in [0.3, 0.4) is 0 Å². The monoisotopic (exact) mass is 349 g/mol. The van der Waals surface area contributed by atoms with Gasteiger partial charge in [0.25, 0.3) is 0 Å². The molecule has 1 aliphatic heterocycles. The lowest BCUT2D eigenvalue weighted by molar-refractivity contribution is -0.136. The van der Waals surface area contributed by atoms with Crippen LogP contribution in [0, 0.1) is 6.92 Å². The Labute approximate surface area is 156 Å². The third kappa shape index (κ3) is 5.06. The van der Waals surface area contributed by atoms with Gasteiger partial charge >= 0.3 is 5.97 Å². The lowest BCUT2D eigenvalue weighted by Crippen LogP contribution is -2.19. The number of hydrogen-bond acceptors (Lipinski definition) is 2. The van der Waals surface area contributed by atoms with Gasteiger partial charge in [-0.25, -0.2) is 0 Å². The van der Waals surface area contributed by atoms with Gasteiger partial charge in [-0.15, -0.1) is 0 Å². The molecule has 1 aliphatic rings. The molecule has 136 valence electrons. The predicted molar refractivity (Wildman–Crippen MR) is 106 cm³/mol. The minimum absolute atomic E-state index is 0.167. The Morgan fingerprint density at radius 2 is 1.81 bits per heavy atom. The van der Waals surface area contributed by atoms with Crippen molar-refractivity contribution in [1.29, 1.82) is 0 Å². The van der Waals surface area contributed by atoms with Crippen molar-refractivity contribution in [2.75, 3.05) is 19.6 Å². The summed E-state index contributed by atoms with van der Waals surface area (Å²) >= 11 is 0. The summed E-state index contributed by atoms with van der Waals surface area (Å²) in [6, 6.07) is 17.0. The van der Waals surface area contributed by atoms with E-state index in [1.165, 1.54) is 42.6 Å². The Balaban J connectivity index is 1.89. The summed E-state index contributed by atoms with van der Waals surface area (Å²) in [6.07, 6.45) is 5.64. The molecular formula is C23H27NO2. The van der Waals surface area contributed by atoms with Gasteiger partial charge in [0, 0.05) is 13.0 Å². The number of rotatable bonds is 7. The largest absolute Gasteiger partial charge is 0.481 e. The fourth-order valence-electron chi connectivity index (χ4n) is 3.47. The first kappa shape index (κ1) is 18.4. The number of benzene rings is 2. The predicted octanol–water partition coefficient (Wildman–Crippen LogP) is 4.54. The number of hydrogen-bond donors (Lipinski definition) is 1. The molecule has 0 aliphatic carbocycles. The lowest BCUT2D eigenvalue weighted by Gasteiger charge is -2.15. The SMILES string of the molecule is Cc1ccc(/C(=C\CN2CCCC2)c2cccc(CCC(=O)O)c2)cc1. The molecule has 0 amide bonds. The van der Waals surface area contributed by atoms with Crippen molar-refractivity contribution < 1.29 is 9.90 Å². The maximum Gasteiger partial charge on any atom is 0.303 e. The van der Waals surface area contributed by atoms with Gasteiger partial charge < -0.3 is 5.11 Å². The molecule has 2 aromatic rings. The van der Waals surface area contributed by atoms with E-state index in [2.05, 4.69) is 54.3 Å². The summed E-state index contributed by atoms with van der Waals surface area (Å²) < 4.78 is 0. The van der Waals surface area contributed by atoms with Crippen LogP contribution in [0.15, 0.2) is 54.6 Å². The lowest BCUT2D eigenvalue weighted by atomic mass is 9.94.